The van der Waals surface area contributed by atoms with Gasteiger partial charge in [0.2, 0.25) is 0 Å². The highest BCUT2D eigenvalue weighted by Gasteiger charge is 2.30. The van der Waals surface area contributed by atoms with E-state index in [-0.39, 0.29) is 25.7 Å². The highest BCUT2D eigenvalue weighted by molar-refractivity contribution is 7.47. The van der Waals surface area contributed by atoms with Gasteiger partial charge in [0, 0.05) is 25.7 Å². The lowest BCUT2D eigenvalue weighted by molar-refractivity contribution is -0.161. The molecule has 0 aliphatic rings. The quantitative estimate of drug-likeness (QED) is 0.0222. The van der Waals surface area contributed by atoms with Gasteiger partial charge in [0.25, 0.3) is 0 Å². The van der Waals surface area contributed by atoms with E-state index in [9.17, 15) is 43.2 Å². The first-order valence-electron chi connectivity index (χ1n) is 32.8. The largest absolute Gasteiger partial charge is 0.472 e. The summed E-state index contributed by atoms with van der Waals surface area (Å²) in [7, 11) is -9.87. The summed E-state index contributed by atoms with van der Waals surface area (Å²) in [5, 5.41) is 10.5. The Morgan fingerprint density at radius 3 is 0.728 bits per heavy atom. The molecule has 0 aromatic heterocycles. The summed E-state index contributed by atoms with van der Waals surface area (Å²) >= 11 is 0. The first-order valence-corrected chi connectivity index (χ1v) is 35.8. The van der Waals surface area contributed by atoms with Crippen LogP contribution in [0.15, 0.2) is 0 Å². The van der Waals surface area contributed by atoms with Gasteiger partial charge < -0.3 is 33.8 Å². The van der Waals surface area contributed by atoms with Crippen LogP contribution >= 0.6 is 15.6 Å². The molecule has 19 heteroatoms. The number of phosphoric acid groups is 2. The molecule has 17 nitrogen and oxygen atoms in total. The second-order valence-electron chi connectivity index (χ2n) is 22.4. The van der Waals surface area contributed by atoms with Gasteiger partial charge in [0.1, 0.15) is 19.3 Å². The van der Waals surface area contributed by atoms with Crippen molar-refractivity contribution in [3.63, 3.8) is 0 Å². The Kier molecular flexibility index (Phi) is 55.8. The summed E-state index contributed by atoms with van der Waals surface area (Å²) in [6.45, 7) is 4.84. The van der Waals surface area contributed by atoms with E-state index in [2.05, 4.69) is 27.7 Å². The molecule has 0 heterocycles. The van der Waals surface area contributed by atoms with Gasteiger partial charge in [-0.3, -0.25) is 37.3 Å². The second kappa shape index (κ2) is 57.2. The van der Waals surface area contributed by atoms with E-state index >= 15 is 0 Å². The molecule has 0 aromatic carbocycles. The first kappa shape index (κ1) is 79.1. The summed E-state index contributed by atoms with van der Waals surface area (Å²) in [4.78, 5) is 72.0. The topological polar surface area (TPSA) is 237 Å². The van der Waals surface area contributed by atoms with Crippen LogP contribution in [0.2, 0.25) is 0 Å². The zero-order valence-electron chi connectivity index (χ0n) is 51.7. The number of ether oxygens (including phenoxy) is 4. The summed E-state index contributed by atoms with van der Waals surface area (Å²) in [6.07, 6.45) is 41.6. The van der Waals surface area contributed by atoms with Gasteiger partial charge in [-0.05, 0) is 25.7 Å². The van der Waals surface area contributed by atoms with Gasteiger partial charge in [-0.1, -0.05) is 265 Å². The number of esters is 4. The third kappa shape index (κ3) is 56.9. The maximum Gasteiger partial charge on any atom is 0.472 e. The van der Waals surface area contributed by atoms with Gasteiger partial charge in [-0.2, -0.15) is 0 Å². The van der Waals surface area contributed by atoms with Crippen molar-refractivity contribution in [3.8, 4) is 0 Å². The summed E-state index contributed by atoms with van der Waals surface area (Å²) in [6, 6.07) is 0. The average Bonchev–Trinajstić information content (AvgIpc) is 3.44. The van der Waals surface area contributed by atoms with Crippen LogP contribution < -0.4 is 0 Å². The molecule has 0 aliphatic heterocycles. The molecule has 0 aromatic rings. The number of hydrogen-bond acceptors (Lipinski definition) is 15. The minimum Gasteiger partial charge on any atom is -0.462 e. The number of unbranched alkanes of at least 4 members (excludes halogenated alkanes) is 37. The zero-order valence-corrected chi connectivity index (χ0v) is 53.5. The lowest BCUT2D eigenvalue weighted by atomic mass is 10.0. The fraction of sp³-hybridized carbons (Fsp3) is 0.935. The van der Waals surface area contributed by atoms with Crippen LogP contribution in [0.5, 0.6) is 0 Å². The van der Waals surface area contributed by atoms with E-state index < -0.39 is 97.5 Å². The minimum atomic E-state index is -4.94. The molecule has 480 valence electrons. The molecular formula is C62H120O17P2. The Morgan fingerprint density at radius 1 is 0.296 bits per heavy atom. The molecule has 0 bridgehead atoms. The molecule has 0 saturated carbocycles. The molecule has 5 atom stereocenters. The standard InChI is InChI=1S/C62H120O17P2/c1-5-9-13-17-21-25-27-29-32-35-39-43-47-60(65)73-53-58(79-62(67)49-45-41-37-33-30-28-26-22-18-14-10-6-2)55-77-81(70,71)75-51-56(63)50-74-80(68,69)76-54-57(52-72-59(64)46-42-38-34-24-20-16-12-8-4)78-61(66)48-44-40-36-31-23-19-15-11-7-3/h56-58,63H,5-55H2,1-4H3,(H,68,69)(H,70,71)/t56-,57+,58+/m0/s1. The Balaban J connectivity index is 5.21. The molecule has 0 amide bonds. The van der Waals surface area contributed by atoms with E-state index in [1.54, 1.807) is 0 Å². The minimum absolute atomic E-state index is 0.106. The summed E-state index contributed by atoms with van der Waals surface area (Å²) in [5.41, 5.74) is 0. The molecule has 0 rings (SSSR count). The Morgan fingerprint density at radius 2 is 0.494 bits per heavy atom. The molecule has 0 saturated heterocycles. The van der Waals surface area contributed by atoms with Crippen molar-refractivity contribution in [2.45, 2.75) is 335 Å². The smallest absolute Gasteiger partial charge is 0.462 e. The van der Waals surface area contributed by atoms with Crippen LogP contribution in [0.3, 0.4) is 0 Å². The van der Waals surface area contributed by atoms with Crippen LogP contribution in [0.4, 0.5) is 0 Å². The summed E-state index contributed by atoms with van der Waals surface area (Å²) in [5.74, 6) is -2.14. The predicted molar refractivity (Wildman–Crippen MR) is 322 cm³/mol. The van der Waals surface area contributed by atoms with Crippen LogP contribution in [0.25, 0.3) is 0 Å². The fourth-order valence-electron chi connectivity index (χ4n) is 9.28. The van der Waals surface area contributed by atoms with Crippen LogP contribution in [0, 0.1) is 0 Å². The van der Waals surface area contributed by atoms with Crippen molar-refractivity contribution in [2.75, 3.05) is 39.6 Å². The molecular weight excluding hydrogens is 1080 g/mol. The predicted octanol–water partition coefficient (Wildman–Crippen LogP) is 17.2. The van der Waals surface area contributed by atoms with Gasteiger partial charge in [0.15, 0.2) is 12.2 Å². The van der Waals surface area contributed by atoms with Crippen LogP contribution in [-0.2, 0) is 65.4 Å². The average molecular weight is 1200 g/mol. The van der Waals surface area contributed by atoms with E-state index in [0.29, 0.717) is 25.7 Å². The Bertz CT molecular complexity index is 1570. The Hall–Kier alpha value is -1.94. The number of hydrogen-bond donors (Lipinski definition) is 3. The van der Waals surface area contributed by atoms with Crippen molar-refractivity contribution >= 4 is 39.5 Å². The van der Waals surface area contributed by atoms with Gasteiger partial charge in [-0.15, -0.1) is 0 Å². The maximum absolute atomic E-state index is 13.0. The highest BCUT2D eigenvalue weighted by Crippen LogP contribution is 2.45. The van der Waals surface area contributed by atoms with E-state index in [1.807, 2.05) is 0 Å². The highest BCUT2D eigenvalue weighted by atomic mass is 31.2. The van der Waals surface area contributed by atoms with Crippen LogP contribution in [-0.4, -0.2) is 96.7 Å². The number of aliphatic hydroxyl groups excluding tert-OH is 1. The number of rotatable bonds is 63. The van der Waals surface area contributed by atoms with Gasteiger partial charge in [0.05, 0.1) is 26.4 Å². The number of aliphatic hydroxyl groups is 1. The third-order valence-corrected chi connectivity index (χ3v) is 16.3. The monoisotopic (exact) mass is 1200 g/mol. The normalized spacial score (nSPS) is 14.2. The van der Waals surface area contributed by atoms with Crippen molar-refractivity contribution in [1.29, 1.82) is 0 Å². The van der Waals surface area contributed by atoms with Crippen molar-refractivity contribution in [1.82, 2.24) is 0 Å². The first-order chi connectivity index (χ1) is 39.2. The van der Waals surface area contributed by atoms with Crippen molar-refractivity contribution < 1.29 is 80.2 Å². The molecule has 0 aliphatic carbocycles. The Labute approximate surface area is 492 Å². The van der Waals surface area contributed by atoms with Gasteiger partial charge in [-0.25, -0.2) is 9.13 Å². The number of carbonyl (C=O) groups is 4. The third-order valence-electron chi connectivity index (χ3n) is 14.4. The van der Waals surface area contributed by atoms with Crippen molar-refractivity contribution in [2.24, 2.45) is 0 Å². The molecule has 0 radical (unpaired) electrons. The lowest BCUT2D eigenvalue weighted by Crippen LogP contribution is -2.30. The lowest BCUT2D eigenvalue weighted by Gasteiger charge is -2.21. The summed E-state index contributed by atoms with van der Waals surface area (Å²) < 4.78 is 67.8. The van der Waals surface area contributed by atoms with Crippen molar-refractivity contribution in [3.05, 3.63) is 0 Å². The molecule has 3 N–H and O–H groups in total. The second-order valence-corrected chi connectivity index (χ2v) is 25.4. The molecule has 0 spiro atoms. The van der Waals surface area contributed by atoms with E-state index in [1.165, 1.54) is 141 Å². The molecule has 81 heavy (non-hydrogen) atoms. The zero-order chi connectivity index (χ0) is 59.8. The fourth-order valence-corrected chi connectivity index (χ4v) is 10.9. The SMILES string of the molecule is CCCCCCCCCCCCCCC(=O)OC[C@H](COP(=O)(O)OC[C@@H](O)COP(=O)(O)OC[C@@H](COC(=O)CCCCCCCCCC)OC(=O)CCCCCCCCCCC)OC(=O)CCCCCCCCCCCCCC. The molecule has 2 unspecified atom stereocenters. The number of phosphoric ester groups is 2. The van der Waals surface area contributed by atoms with E-state index in [0.717, 1.165) is 96.3 Å². The molecule has 0 fully saturated rings. The maximum atomic E-state index is 13.0. The van der Waals surface area contributed by atoms with Gasteiger partial charge >= 0.3 is 39.5 Å². The van der Waals surface area contributed by atoms with Crippen LogP contribution in [0.1, 0.15) is 317 Å². The van der Waals surface area contributed by atoms with E-state index in [4.69, 9.17) is 37.0 Å². The number of carbonyl (C=O) groups excluding carboxylic acids is 4.